The van der Waals surface area contributed by atoms with Crippen LogP contribution in [0.15, 0.2) is 30.3 Å². The fourth-order valence-electron chi connectivity index (χ4n) is 4.74. The molecule has 2 heterocycles. The highest BCUT2D eigenvalue weighted by Gasteiger charge is 2.52. The largest absolute Gasteiger partial charge is 0.373 e. The second-order valence-electron chi connectivity index (χ2n) is 8.84. The summed E-state index contributed by atoms with van der Waals surface area (Å²) < 4.78 is 6.02. The van der Waals surface area contributed by atoms with Crippen LogP contribution in [0.5, 0.6) is 0 Å². The van der Waals surface area contributed by atoms with Gasteiger partial charge in [-0.05, 0) is 31.2 Å². The van der Waals surface area contributed by atoms with Crippen molar-refractivity contribution in [3.63, 3.8) is 0 Å². The third-order valence-corrected chi connectivity index (χ3v) is 6.62. The predicted octanol–water partition coefficient (Wildman–Crippen LogP) is 2.34. The Morgan fingerprint density at radius 3 is 2.52 bits per heavy atom. The van der Waals surface area contributed by atoms with Crippen molar-refractivity contribution in [3.05, 3.63) is 35.9 Å². The number of nitrogens with one attached hydrogen (secondary N) is 2. The van der Waals surface area contributed by atoms with Crippen molar-refractivity contribution in [3.8, 4) is 0 Å². The van der Waals surface area contributed by atoms with Crippen molar-refractivity contribution in [1.82, 2.24) is 20.7 Å². The molecule has 31 heavy (non-hydrogen) atoms. The van der Waals surface area contributed by atoms with E-state index in [1.165, 1.54) is 5.56 Å². The Bertz CT molecular complexity index is 786. The Hall–Kier alpha value is -2.45. The minimum atomic E-state index is -0.815. The first kappa shape index (κ1) is 21.8. The van der Waals surface area contributed by atoms with Crippen LogP contribution in [-0.4, -0.2) is 59.0 Å². The normalized spacial score (nSPS) is 22.0. The first-order chi connectivity index (χ1) is 15.1. The lowest BCUT2D eigenvalue weighted by Gasteiger charge is -2.32. The molecule has 8 heteroatoms. The van der Waals surface area contributed by atoms with Crippen molar-refractivity contribution in [2.24, 2.45) is 0 Å². The maximum Gasteiger partial charge on any atom is 0.344 e. The van der Waals surface area contributed by atoms with Gasteiger partial charge in [0, 0.05) is 26.1 Å². The summed E-state index contributed by atoms with van der Waals surface area (Å²) in [5.74, 6) is -0.624. The van der Waals surface area contributed by atoms with Crippen LogP contribution in [0.1, 0.15) is 56.9 Å². The average molecular weight is 429 g/mol. The minimum absolute atomic E-state index is 0.239. The van der Waals surface area contributed by atoms with E-state index in [2.05, 4.69) is 27.8 Å². The number of hydrogen-bond donors (Lipinski definition) is 2. The SMILES string of the molecule is O=C(CCN1CCC(OCc2ccccc2)CC1)NN1C(=O)NC2(CCCCC2)C1=O. The van der Waals surface area contributed by atoms with Crippen LogP contribution in [0, 0.1) is 0 Å². The summed E-state index contributed by atoms with van der Waals surface area (Å²) in [4.78, 5) is 39.6. The molecule has 1 saturated carbocycles. The fraction of sp³-hybridized carbons (Fsp3) is 0.609. The van der Waals surface area contributed by atoms with Gasteiger partial charge < -0.3 is 15.0 Å². The maximum absolute atomic E-state index is 12.7. The molecule has 3 aliphatic rings. The molecule has 4 amide bonds. The Morgan fingerprint density at radius 1 is 1.10 bits per heavy atom. The number of likely N-dealkylation sites (tertiary alicyclic amines) is 1. The van der Waals surface area contributed by atoms with Gasteiger partial charge in [0.25, 0.3) is 5.91 Å². The number of imide groups is 1. The zero-order chi connectivity index (χ0) is 21.7. The maximum atomic E-state index is 12.7. The molecule has 0 radical (unpaired) electrons. The topological polar surface area (TPSA) is 91.0 Å². The molecule has 1 aliphatic carbocycles. The van der Waals surface area contributed by atoms with Gasteiger partial charge in [0.2, 0.25) is 5.91 Å². The molecule has 2 saturated heterocycles. The van der Waals surface area contributed by atoms with Crippen LogP contribution < -0.4 is 10.7 Å². The van der Waals surface area contributed by atoms with Crippen molar-refractivity contribution in [1.29, 1.82) is 0 Å². The monoisotopic (exact) mass is 428 g/mol. The molecule has 1 aromatic carbocycles. The zero-order valence-electron chi connectivity index (χ0n) is 18.0. The number of piperidine rings is 1. The number of ether oxygens (including phenoxy) is 1. The van der Waals surface area contributed by atoms with Gasteiger partial charge in [0.05, 0.1) is 12.7 Å². The molecule has 3 fully saturated rings. The lowest BCUT2D eigenvalue weighted by Crippen LogP contribution is -2.51. The second kappa shape index (κ2) is 9.78. The van der Waals surface area contributed by atoms with Crippen molar-refractivity contribution < 1.29 is 19.1 Å². The molecule has 2 aliphatic heterocycles. The van der Waals surface area contributed by atoms with E-state index in [4.69, 9.17) is 4.74 Å². The standard InChI is InChI=1S/C23H32N4O4/c28-20(25-27-21(29)23(24-22(27)30)12-5-2-6-13-23)11-16-26-14-9-19(10-15-26)31-17-18-7-3-1-4-8-18/h1,3-4,7-8,19H,2,5-6,9-17H2,(H,24,30)(H,25,28). The molecule has 0 bridgehead atoms. The quantitative estimate of drug-likeness (QED) is 0.651. The number of carbonyl (C=O) groups excluding carboxylic acids is 3. The first-order valence-electron chi connectivity index (χ1n) is 11.4. The average Bonchev–Trinajstić information content (AvgIpc) is 3.02. The molecule has 1 aromatic rings. The van der Waals surface area contributed by atoms with E-state index in [-0.39, 0.29) is 24.3 Å². The number of nitrogens with zero attached hydrogens (tertiary/aromatic N) is 2. The molecular formula is C23H32N4O4. The molecule has 0 aromatic heterocycles. The van der Waals surface area contributed by atoms with E-state index in [0.717, 1.165) is 50.2 Å². The van der Waals surface area contributed by atoms with Crippen molar-refractivity contribution >= 4 is 17.8 Å². The Kier molecular flexibility index (Phi) is 6.87. The third kappa shape index (κ3) is 5.25. The van der Waals surface area contributed by atoms with Crippen molar-refractivity contribution in [2.45, 2.75) is 69.6 Å². The summed E-state index contributed by atoms with van der Waals surface area (Å²) >= 11 is 0. The highest BCUT2D eigenvalue weighted by atomic mass is 16.5. The van der Waals surface area contributed by atoms with Gasteiger partial charge in [-0.25, -0.2) is 4.79 Å². The van der Waals surface area contributed by atoms with Crippen LogP contribution in [0.25, 0.3) is 0 Å². The van der Waals surface area contributed by atoms with Gasteiger partial charge in [-0.15, -0.1) is 0 Å². The Morgan fingerprint density at radius 2 is 1.81 bits per heavy atom. The van der Waals surface area contributed by atoms with E-state index >= 15 is 0 Å². The van der Waals surface area contributed by atoms with Crippen LogP contribution in [-0.2, 0) is 20.9 Å². The molecule has 1 spiro atoms. The van der Waals surface area contributed by atoms with E-state index in [1.54, 1.807) is 0 Å². The molecular weight excluding hydrogens is 396 g/mol. The number of hydrogen-bond acceptors (Lipinski definition) is 5. The van der Waals surface area contributed by atoms with E-state index in [0.29, 0.717) is 26.0 Å². The van der Waals surface area contributed by atoms with Crippen LogP contribution >= 0.6 is 0 Å². The van der Waals surface area contributed by atoms with Crippen LogP contribution in [0.2, 0.25) is 0 Å². The molecule has 168 valence electrons. The lowest BCUT2D eigenvalue weighted by molar-refractivity contribution is -0.140. The number of benzene rings is 1. The highest BCUT2D eigenvalue weighted by molar-refractivity contribution is 6.08. The van der Waals surface area contributed by atoms with E-state index in [9.17, 15) is 14.4 Å². The van der Waals surface area contributed by atoms with E-state index in [1.807, 2.05) is 18.2 Å². The minimum Gasteiger partial charge on any atom is -0.373 e. The number of amides is 4. The van der Waals surface area contributed by atoms with Crippen LogP contribution in [0.4, 0.5) is 4.79 Å². The predicted molar refractivity (Wildman–Crippen MR) is 115 cm³/mol. The summed E-state index contributed by atoms with van der Waals surface area (Å²) in [5.41, 5.74) is 2.88. The van der Waals surface area contributed by atoms with Crippen LogP contribution in [0.3, 0.4) is 0 Å². The Labute approximate surface area is 183 Å². The van der Waals surface area contributed by atoms with Gasteiger partial charge in [-0.1, -0.05) is 49.6 Å². The number of carbonyl (C=O) groups is 3. The van der Waals surface area contributed by atoms with Gasteiger partial charge >= 0.3 is 6.03 Å². The fourth-order valence-corrected chi connectivity index (χ4v) is 4.74. The lowest BCUT2D eigenvalue weighted by atomic mass is 9.82. The number of hydrazine groups is 1. The number of rotatable bonds is 7. The first-order valence-corrected chi connectivity index (χ1v) is 11.4. The third-order valence-electron chi connectivity index (χ3n) is 6.62. The Balaban J connectivity index is 1.16. The molecule has 2 N–H and O–H groups in total. The van der Waals surface area contributed by atoms with Gasteiger partial charge in [-0.3, -0.25) is 15.0 Å². The second-order valence-corrected chi connectivity index (χ2v) is 8.84. The van der Waals surface area contributed by atoms with Gasteiger partial charge in [0.1, 0.15) is 5.54 Å². The summed E-state index contributed by atoms with van der Waals surface area (Å²) in [6.45, 7) is 2.98. The molecule has 4 rings (SSSR count). The summed E-state index contributed by atoms with van der Waals surface area (Å²) in [6, 6.07) is 9.64. The van der Waals surface area contributed by atoms with Gasteiger partial charge in [0.15, 0.2) is 0 Å². The van der Waals surface area contributed by atoms with E-state index < -0.39 is 11.6 Å². The van der Waals surface area contributed by atoms with Crippen molar-refractivity contribution in [2.75, 3.05) is 19.6 Å². The molecule has 0 atom stereocenters. The summed E-state index contributed by atoms with van der Waals surface area (Å²) in [6.07, 6.45) is 6.55. The smallest absolute Gasteiger partial charge is 0.344 e. The highest BCUT2D eigenvalue weighted by Crippen LogP contribution is 2.33. The number of urea groups is 1. The summed E-state index contributed by atoms with van der Waals surface area (Å²) in [7, 11) is 0. The van der Waals surface area contributed by atoms with Gasteiger partial charge in [-0.2, -0.15) is 5.01 Å². The zero-order valence-corrected chi connectivity index (χ0v) is 18.0. The summed E-state index contributed by atoms with van der Waals surface area (Å²) in [5, 5.41) is 3.69. The molecule has 0 unspecified atom stereocenters. The molecule has 8 nitrogen and oxygen atoms in total.